The Morgan fingerprint density at radius 2 is 2.13 bits per heavy atom. The lowest BCUT2D eigenvalue weighted by Gasteiger charge is -2.29. The molecule has 1 fully saturated rings. The van der Waals surface area contributed by atoms with Gasteiger partial charge in [-0.2, -0.15) is 0 Å². The van der Waals surface area contributed by atoms with Gasteiger partial charge in [-0.3, -0.25) is 9.47 Å². The number of anilines is 1. The highest BCUT2D eigenvalue weighted by Crippen LogP contribution is 2.37. The van der Waals surface area contributed by atoms with Gasteiger partial charge in [-0.1, -0.05) is 12.1 Å². The second-order valence-electron chi connectivity index (χ2n) is 9.31. The summed E-state index contributed by atoms with van der Waals surface area (Å²) >= 11 is 5.35. The summed E-state index contributed by atoms with van der Waals surface area (Å²) in [7, 11) is 1.96. The predicted molar refractivity (Wildman–Crippen MR) is 142 cm³/mol. The van der Waals surface area contributed by atoms with Crippen molar-refractivity contribution in [1.82, 2.24) is 19.8 Å². The Balaban J connectivity index is 1.04. The maximum absolute atomic E-state index is 13.6. The molecule has 3 aromatic rings. The molecule has 3 unspecified atom stereocenters. The van der Waals surface area contributed by atoms with E-state index in [9.17, 15) is 4.39 Å². The number of nitrogens with one attached hydrogen (secondary N) is 2. The lowest BCUT2D eigenvalue weighted by molar-refractivity contribution is -0.0184. The Bertz CT molecular complexity index is 1370. The molecule has 2 N–H and O–H groups in total. The monoisotopic (exact) mass is 538 g/mol. The number of aromatic nitrogens is 2. The first-order chi connectivity index (χ1) is 18.5. The molecule has 0 spiro atoms. The van der Waals surface area contributed by atoms with Crippen molar-refractivity contribution in [2.75, 3.05) is 25.8 Å². The molecule has 12 heteroatoms. The molecule has 0 amide bonds. The van der Waals surface area contributed by atoms with Crippen LogP contribution >= 0.6 is 12.2 Å². The molecule has 198 valence electrons. The topological polar surface area (TPSA) is 94.4 Å². The number of halogens is 1. The summed E-state index contributed by atoms with van der Waals surface area (Å²) in [5, 5.41) is 6.58. The van der Waals surface area contributed by atoms with E-state index >= 15 is 0 Å². The third kappa shape index (κ3) is 5.15. The number of nitrogens with zero attached hydrogens (tertiary/aromatic N) is 4. The number of hydrogen-bond acceptors (Lipinski definition) is 9. The van der Waals surface area contributed by atoms with E-state index in [1.807, 2.05) is 35.9 Å². The van der Waals surface area contributed by atoms with E-state index in [1.165, 1.54) is 12.1 Å². The van der Waals surface area contributed by atoms with Crippen molar-refractivity contribution in [3.05, 3.63) is 65.9 Å². The number of hydrogen-bond donors (Lipinski definition) is 2. The number of ether oxygens (including phenoxy) is 4. The number of benzene rings is 2. The summed E-state index contributed by atoms with van der Waals surface area (Å²) in [6.07, 6.45) is 4.51. The van der Waals surface area contributed by atoms with Crippen LogP contribution in [-0.4, -0.2) is 52.5 Å². The molecule has 2 aromatic carbocycles. The van der Waals surface area contributed by atoms with E-state index in [0.717, 1.165) is 35.6 Å². The first kappa shape index (κ1) is 24.6. The largest absolute Gasteiger partial charge is 0.468 e. The van der Waals surface area contributed by atoms with E-state index in [-0.39, 0.29) is 36.3 Å². The van der Waals surface area contributed by atoms with E-state index in [0.29, 0.717) is 24.7 Å². The first-order valence-corrected chi connectivity index (χ1v) is 12.7. The maximum atomic E-state index is 13.6. The molecule has 0 aliphatic carbocycles. The Labute approximate surface area is 224 Å². The zero-order valence-corrected chi connectivity index (χ0v) is 21.5. The number of thiocarbonyl (C=S) groups is 1. The molecule has 3 atom stereocenters. The average molecular weight is 539 g/mol. The maximum Gasteiger partial charge on any atom is 0.261 e. The van der Waals surface area contributed by atoms with Crippen LogP contribution in [0.3, 0.4) is 0 Å². The Morgan fingerprint density at radius 3 is 3.03 bits per heavy atom. The van der Waals surface area contributed by atoms with Gasteiger partial charge in [-0.15, -0.1) is 0 Å². The number of imidazole rings is 1. The van der Waals surface area contributed by atoms with Gasteiger partial charge in [0.05, 0.1) is 18.8 Å². The highest BCUT2D eigenvalue weighted by Gasteiger charge is 2.33. The lowest BCUT2D eigenvalue weighted by atomic mass is 10.2. The molecule has 38 heavy (non-hydrogen) atoms. The van der Waals surface area contributed by atoms with Crippen LogP contribution in [0.2, 0.25) is 0 Å². The molecular weight excluding hydrogens is 511 g/mol. The van der Waals surface area contributed by atoms with E-state index in [2.05, 4.69) is 25.5 Å². The third-order valence-electron chi connectivity index (χ3n) is 6.65. The van der Waals surface area contributed by atoms with Crippen LogP contribution < -0.4 is 20.1 Å². The minimum absolute atomic E-state index is 0.119. The molecular formula is C26H27FN6O4S. The van der Waals surface area contributed by atoms with E-state index < -0.39 is 0 Å². The van der Waals surface area contributed by atoms with E-state index in [4.69, 9.17) is 31.2 Å². The summed E-state index contributed by atoms with van der Waals surface area (Å²) in [5.41, 5.74) is 2.44. The Kier molecular flexibility index (Phi) is 6.83. The van der Waals surface area contributed by atoms with Crippen LogP contribution in [0.5, 0.6) is 11.5 Å². The zero-order chi connectivity index (χ0) is 26.1. The van der Waals surface area contributed by atoms with E-state index in [1.54, 1.807) is 18.7 Å². The molecule has 1 aromatic heterocycles. The summed E-state index contributed by atoms with van der Waals surface area (Å²) in [4.78, 5) is 11.2. The van der Waals surface area contributed by atoms with Crippen molar-refractivity contribution in [3.8, 4) is 11.5 Å². The minimum atomic E-state index is -0.250. The van der Waals surface area contributed by atoms with Crippen LogP contribution in [-0.2, 0) is 16.0 Å². The Morgan fingerprint density at radius 1 is 1.24 bits per heavy atom. The number of aliphatic imine (C=N–C) groups is 1. The highest BCUT2D eigenvalue weighted by molar-refractivity contribution is 7.80. The Hall–Kier alpha value is -3.74. The molecule has 3 aliphatic rings. The van der Waals surface area contributed by atoms with Crippen molar-refractivity contribution in [3.63, 3.8) is 0 Å². The van der Waals surface area contributed by atoms with Gasteiger partial charge in [0.2, 0.25) is 6.79 Å². The van der Waals surface area contributed by atoms with Crippen LogP contribution in [0.15, 0.2) is 53.8 Å². The summed E-state index contributed by atoms with van der Waals surface area (Å²) in [5.74, 6) is 1.87. The molecule has 1 saturated heterocycles. The molecule has 0 saturated carbocycles. The second-order valence-corrected chi connectivity index (χ2v) is 9.69. The summed E-state index contributed by atoms with van der Waals surface area (Å²) in [6.45, 7) is 1.09. The van der Waals surface area contributed by atoms with Crippen LogP contribution in [0, 0.1) is 5.82 Å². The van der Waals surface area contributed by atoms with Crippen LogP contribution in [0.4, 0.5) is 15.9 Å². The standard InChI is InChI=1S/C26H27FN6O4S/c1-32(11-16-3-2-4-17(27)9-16)24-23-25(29-13-28-24)33(14-30-23)22-8-6-19(37-22)12-34-26(38)31-18-5-7-20-21(10-18)36-15-35-20/h2-5,7,9-10,13-14,19,22,24H,6,8,11-12,15H2,1H3,(H,28,29)(H,31,38). The predicted octanol–water partition coefficient (Wildman–Crippen LogP) is 4.24. The smallest absolute Gasteiger partial charge is 0.261 e. The molecule has 0 radical (unpaired) electrons. The van der Waals surface area contributed by atoms with Gasteiger partial charge in [-0.05, 0) is 61.9 Å². The van der Waals surface area contributed by atoms with Gasteiger partial charge in [0.25, 0.3) is 5.17 Å². The average Bonchev–Trinajstić information content (AvgIpc) is 3.66. The molecule has 6 rings (SSSR count). The highest BCUT2D eigenvalue weighted by atomic mass is 32.1. The SMILES string of the molecule is CN(Cc1cccc(F)c1)C1NC=Nc2c1ncn2C1CCC(COC(=S)Nc2ccc3c(c2)OCO3)O1. The van der Waals surface area contributed by atoms with Gasteiger partial charge in [0, 0.05) is 18.3 Å². The fraction of sp³-hybridized carbons (Fsp3) is 0.346. The zero-order valence-electron chi connectivity index (χ0n) is 20.7. The van der Waals surface area contributed by atoms with Crippen molar-refractivity contribution >= 4 is 35.2 Å². The quantitative estimate of drug-likeness (QED) is 0.429. The normalized spacial score (nSPS) is 21.3. The third-order valence-corrected chi connectivity index (χ3v) is 6.87. The molecule has 4 heterocycles. The van der Waals surface area contributed by atoms with Gasteiger partial charge in [0.15, 0.2) is 17.3 Å². The fourth-order valence-corrected chi connectivity index (χ4v) is 5.00. The fourth-order valence-electron chi connectivity index (χ4n) is 4.81. The van der Waals surface area contributed by atoms with Crippen molar-refractivity contribution < 1.29 is 23.3 Å². The summed E-state index contributed by atoms with van der Waals surface area (Å²) in [6, 6.07) is 12.1. The van der Waals surface area contributed by atoms with Crippen LogP contribution in [0.25, 0.3) is 0 Å². The van der Waals surface area contributed by atoms with Crippen LogP contribution in [0.1, 0.15) is 36.5 Å². The van der Waals surface area contributed by atoms with Crippen molar-refractivity contribution in [1.29, 1.82) is 0 Å². The minimum Gasteiger partial charge on any atom is -0.468 e. The molecule has 0 bridgehead atoms. The lowest BCUT2D eigenvalue weighted by Crippen LogP contribution is -2.36. The molecule has 10 nitrogen and oxygen atoms in total. The number of fused-ring (bicyclic) bond motifs is 2. The summed E-state index contributed by atoms with van der Waals surface area (Å²) < 4.78 is 38.3. The first-order valence-electron chi connectivity index (χ1n) is 12.3. The van der Waals surface area contributed by atoms with Gasteiger partial charge in [-0.25, -0.2) is 14.4 Å². The van der Waals surface area contributed by atoms with Gasteiger partial charge < -0.3 is 29.6 Å². The number of rotatable bonds is 7. The van der Waals surface area contributed by atoms with Crippen molar-refractivity contribution in [2.45, 2.75) is 37.9 Å². The molecule has 3 aliphatic heterocycles. The van der Waals surface area contributed by atoms with Gasteiger partial charge in [0.1, 0.15) is 30.5 Å². The second kappa shape index (κ2) is 10.6. The van der Waals surface area contributed by atoms with Crippen molar-refractivity contribution in [2.24, 2.45) is 4.99 Å². The van der Waals surface area contributed by atoms with Gasteiger partial charge >= 0.3 is 0 Å².